The molecule has 3 aromatic rings. The van der Waals surface area contributed by atoms with Gasteiger partial charge in [0.2, 0.25) is 0 Å². The second-order valence-corrected chi connectivity index (χ2v) is 7.94. The molecule has 1 aromatic heterocycles. The highest BCUT2D eigenvalue weighted by atomic mass is 32.1. The fraction of sp³-hybridized carbons (Fsp3) is 0.125. The molecular weight excluding hydrogens is 415 g/mol. The van der Waals surface area contributed by atoms with E-state index in [-0.39, 0.29) is 18.0 Å². The highest BCUT2D eigenvalue weighted by Crippen LogP contribution is 2.30. The predicted octanol–water partition coefficient (Wildman–Crippen LogP) is 3.10. The molecule has 0 spiro atoms. The molecule has 0 N–H and O–H groups in total. The molecule has 0 saturated carbocycles. The zero-order chi connectivity index (χ0) is 22.0. The van der Waals surface area contributed by atoms with Gasteiger partial charge in [0.1, 0.15) is 12.4 Å². The van der Waals surface area contributed by atoms with Crippen LogP contribution in [-0.2, 0) is 9.53 Å². The maximum absolute atomic E-state index is 13.4. The maximum atomic E-state index is 13.4. The van der Waals surface area contributed by atoms with Crippen molar-refractivity contribution in [2.45, 2.75) is 13.0 Å². The lowest BCUT2D eigenvalue weighted by atomic mass is 9.96. The molecule has 5 nitrogen and oxygen atoms in total. The molecule has 1 aliphatic heterocycles. The first-order valence-corrected chi connectivity index (χ1v) is 10.4. The lowest BCUT2D eigenvalue weighted by Gasteiger charge is -2.24. The Balaban J connectivity index is 1.92. The Labute approximate surface area is 181 Å². The van der Waals surface area contributed by atoms with Crippen LogP contribution in [0.15, 0.2) is 88.3 Å². The molecule has 4 rings (SSSR count). The van der Waals surface area contributed by atoms with Crippen molar-refractivity contribution in [2.75, 3.05) is 6.61 Å². The van der Waals surface area contributed by atoms with Crippen molar-refractivity contribution in [2.24, 2.45) is 4.99 Å². The van der Waals surface area contributed by atoms with E-state index in [1.54, 1.807) is 25.1 Å². The minimum atomic E-state index is -0.662. The van der Waals surface area contributed by atoms with Gasteiger partial charge >= 0.3 is 5.97 Å². The van der Waals surface area contributed by atoms with Gasteiger partial charge in [-0.05, 0) is 36.3 Å². The maximum Gasteiger partial charge on any atom is 0.338 e. The van der Waals surface area contributed by atoms with E-state index in [0.717, 1.165) is 5.56 Å². The van der Waals surface area contributed by atoms with Crippen LogP contribution in [0.4, 0.5) is 4.39 Å². The molecular formula is C24H19FN2O3S. The molecule has 2 aromatic carbocycles. The molecule has 0 fully saturated rings. The van der Waals surface area contributed by atoms with E-state index in [1.807, 2.05) is 30.3 Å². The lowest BCUT2D eigenvalue weighted by molar-refractivity contribution is -0.138. The van der Waals surface area contributed by atoms with E-state index in [9.17, 15) is 14.0 Å². The summed E-state index contributed by atoms with van der Waals surface area (Å²) in [5.41, 5.74) is 2.01. The molecule has 0 unspecified atom stereocenters. The number of halogens is 1. The molecule has 0 radical (unpaired) electrons. The summed E-state index contributed by atoms with van der Waals surface area (Å²) in [7, 11) is 0. The number of benzene rings is 2. The molecule has 1 atom stereocenters. The van der Waals surface area contributed by atoms with E-state index in [0.29, 0.717) is 26.2 Å². The third-order valence-corrected chi connectivity index (χ3v) is 5.84. The second-order valence-electron chi connectivity index (χ2n) is 6.93. The van der Waals surface area contributed by atoms with Crippen LogP contribution in [0.3, 0.4) is 0 Å². The summed E-state index contributed by atoms with van der Waals surface area (Å²) in [6.45, 7) is 5.37. The Kier molecular flexibility index (Phi) is 5.77. The molecule has 2 heterocycles. The van der Waals surface area contributed by atoms with Crippen LogP contribution < -0.4 is 14.9 Å². The first-order valence-electron chi connectivity index (χ1n) is 9.60. The van der Waals surface area contributed by atoms with Gasteiger partial charge in [-0.2, -0.15) is 0 Å². The third kappa shape index (κ3) is 4.04. The molecule has 1 aliphatic rings. The van der Waals surface area contributed by atoms with Crippen LogP contribution in [-0.4, -0.2) is 17.1 Å². The molecule has 31 heavy (non-hydrogen) atoms. The number of carbonyl (C=O) groups is 1. The van der Waals surface area contributed by atoms with Gasteiger partial charge in [0.15, 0.2) is 4.80 Å². The van der Waals surface area contributed by atoms with Crippen molar-refractivity contribution < 1.29 is 13.9 Å². The number of rotatable bonds is 5. The number of hydrogen-bond acceptors (Lipinski definition) is 5. The molecule has 0 saturated heterocycles. The average Bonchev–Trinajstić information content (AvgIpc) is 3.07. The minimum absolute atomic E-state index is 0.0616. The molecule has 0 bridgehead atoms. The number of aromatic nitrogens is 1. The Morgan fingerprint density at radius 3 is 2.61 bits per heavy atom. The molecule has 7 heteroatoms. The zero-order valence-electron chi connectivity index (χ0n) is 16.7. The van der Waals surface area contributed by atoms with Crippen LogP contribution in [0.5, 0.6) is 0 Å². The lowest BCUT2D eigenvalue weighted by Crippen LogP contribution is -2.39. The van der Waals surface area contributed by atoms with Crippen molar-refractivity contribution in [1.82, 2.24) is 4.57 Å². The molecule has 0 aliphatic carbocycles. The number of hydrogen-bond donors (Lipinski definition) is 0. The Hall–Kier alpha value is -3.58. The summed E-state index contributed by atoms with van der Waals surface area (Å²) < 4.78 is 20.5. The smallest absolute Gasteiger partial charge is 0.338 e. The first kappa shape index (κ1) is 20.7. The Bertz CT molecular complexity index is 1350. The number of thiazole rings is 1. The average molecular weight is 434 g/mol. The van der Waals surface area contributed by atoms with Crippen LogP contribution in [0.25, 0.3) is 6.08 Å². The van der Waals surface area contributed by atoms with Crippen LogP contribution >= 0.6 is 11.3 Å². The molecule has 156 valence electrons. The fourth-order valence-electron chi connectivity index (χ4n) is 3.46. The van der Waals surface area contributed by atoms with Gasteiger partial charge in [0, 0.05) is 0 Å². The van der Waals surface area contributed by atoms with Gasteiger partial charge in [0.25, 0.3) is 5.56 Å². The minimum Gasteiger partial charge on any atom is -0.458 e. The zero-order valence-corrected chi connectivity index (χ0v) is 17.6. The van der Waals surface area contributed by atoms with Gasteiger partial charge < -0.3 is 4.74 Å². The highest BCUT2D eigenvalue weighted by molar-refractivity contribution is 7.07. The third-order valence-electron chi connectivity index (χ3n) is 4.86. The summed E-state index contributed by atoms with van der Waals surface area (Å²) in [5, 5.41) is 0. The summed E-state index contributed by atoms with van der Waals surface area (Å²) >= 11 is 1.23. The normalized spacial score (nSPS) is 15.9. The van der Waals surface area contributed by atoms with Crippen molar-refractivity contribution in [3.63, 3.8) is 0 Å². The van der Waals surface area contributed by atoms with Gasteiger partial charge in [-0.3, -0.25) is 9.36 Å². The van der Waals surface area contributed by atoms with Crippen molar-refractivity contribution in [3.05, 3.63) is 115 Å². The first-order chi connectivity index (χ1) is 15.0. The Morgan fingerprint density at radius 1 is 1.23 bits per heavy atom. The topological polar surface area (TPSA) is 60.7 Å². The number of carbonyl (C=O) groups excluding carboxylic acids is 1. The fourth-order valence-corrected chi connectivity index (χ4v) is 4.50. The quantitative estimate of drug-likeness (QED) is 0.458. The van der Waals surface area contributed by atoms with E-state index in [4.69, 9.17) is 4.74 Å². The van der Waals surface area contributed by atoms with E-state index >= 15 is 0 Å². The number of nitrogens with zero attached hydrogens (tertiary/aromatic N) is 2. The highest BCUT2D eigenvalue weighted by Gasteiger charge is 2.33. The number of ether oxygens (including phenoxy) is 1. The monoisotopic (exact) mass is 434 g/mol. The van der Waals surface area contributed by atoms with E-state index in [1.165, 1.54) is 34.1 Å². The van der Waals surface area contributed by atoms with Gasteiger partial charge in [0.05, 0.1) is 21.8 Å². The summed E-state index contributed by atoms with van der Waals surface area (Å²) in [6.07, 6.45) is 3.18. The summed E-state index contributed by atoms with van der Waals surface area (Å²) in [6, 6.07) is 14.5. The largest absolute Gasteiger partial charge is 0.458 e. The SMILES string of the molecule is C=CCOC(=O)C1=C(C)N=c2s/c(=C/c3ccc(F)cc3)c(=O)n2[C@@H]1c1ccccc1. The van der Waals surface area contributed by atoms with Crippen LogP contribution in [0.2, 0.25) is 0 Å². The number of esters is 1. The summed E-state index contributed by atoms with van der Waals surface area (Å²) in [5.74, 6) is -0.885. The number of allylic oxidation sites excluding steroid dienone is 1. The van der Waals surface area contributed by atoms with Gasteiger partial charge in [-0.25, -0.2) is 14.2 Å². The van der Waals surface area contributed by atoms with Crippen LogP contribution in [0.1, 0.15) is 24.1 Å². The van der Waals surface area contributed by atoms with Gasteiger partial charge in [-0.15, -0.1) is 0 Å². The van der Waals surface area contributed by atoms with E-state index in [2.05, 4.69) is 11.6 Å². The predicted molar refractivity (Wildman–Crippen MR) is 118 cm³/mol. The Morgan fingerprint density at radius 2 is 1.94 bits per heavy atom. The van der Waals surface area contributed by atoms with Gasteiger partial charge in [-0.1, -0.05) is 66.5 Å². The standard InChI is InChI=1S/C24H19FN2O3S/c1-3-13-30-23(29)20-15(2)26-24-27(21(20)17-7-5-4-6-8-17)22(28)19(31-24)14-16-9-11-18(25)12-10-16/h3-12,14,21H,1,13H2,2H3/b19-14+/t21-/m1/s1. The van der Waals surface area contributed by atoms with Crippen LogP contribution in [0, 0.1) is 5.82 Å². The summed E-state index contributed by atoms with van der Waals surface area (Å²) in [4.78, 5) is 31.2. The van der Waals surface area contributed by atoms with Crippen molar-refractivity contribution in [3.8, 4) is 0 Å². The second kappa shape index (κ2) is 8.65. The van der Waals surface area contributed by atoms with Crippen molar-refractivity contribution in [1.29, 1.82) is 0 Å². The van der Waals surface area contributed by atoms with Crippen molar-refractivity contribution >= 4 is 23.4 Å². The number of fused-ring (bicyclic) bond motifs is 1. The molecule has 0 amide bonds. The van der Waals surface area contributed by atoms with E-state index < -0.39 is 12.0 Å².